The Labute approximate surface area is 201 Å². The zero-order valence-electron chi connectivity index (χ0n) is 19.3. The van der Waals surface area contributed by atoms with Gasteiger partial charge in [0, 0.05) is 17.2 Å². The topological polar surface area (TPSA) is 68.1 Å². The molecule has 1 heterocycles. The number of nitrogens with zero attached hydrogens (tertiary/aromatic N) is 3. The van der Waals surface area contributed by atoms with E-state index in [1.165, 1.54) is 25.3 Å². The van der Waals surface area contributed by atoms with Crippen molar-refractivity contribution in [3.05, 3.63) is 77.9 Å². The number of alkyl halides is 3. The van der Waals surface area contributed by atoms with Gasteiger partial charge in [0.05, 0.1) is 18.2 Å². The van der Waals surface area contributed by atoms with Crippen LogP contribution in [0.2, 0.25) is 0 Å². The highest BCUT2D eigenvalue weighted by Gasteiger charge is 2.33. The molecule has 0 atom stereocenters. The lowest BCUT2D eigenvalue weighted by Gasteiger charge is -2.15. The van der Waals surface area contributed by atoms with E-state index in [4.69, 9.17) is 4.74 Å². The summed E-state index contributed by atoms with van der Waals surface area (Å²) in [6, 6.07) is 17.9. The maximum absolute atomic E-state index is 13.6. The van der Waals surface area contributed by atoms with Gasteiger partial charge in [0.2, 0.25) is 0 Å². The molecule has 0 radical (unpaired) electrons. The minimum absolute atomic E-state index is 0.0865. The van der Waals surface area contributed by atoms with Gasteiger partial charge in [-0.3, -0.25) is 0 Å². The van der Waals surface area contributed by atoms with E-state index in [0.717, 1.165) is 12.5 Å². The second-order valence-electron chi connectivity index (χ2n) is 8.03. The van der Waals surface area contributed by atoms with Gasteiger partial charge in [0.25, 0.3) is 0 Å². The van der Waals surface area contributed by atoms with Crippen molar-refractivity contribution in [2.24, 2.45) is 0 Å². The molecule has 0 amide bonds. The number of phenols is 1. The van der Waals surface area contributed by atoms with Gasteiger partial charge in [-0.2, -0.15) is 13.2 Å². The van der Waals surface area contributed by atoms with Crippen molar-refractivity contribution in [3.8, 4) is 45.7 Å². The van der Waals surface area contributed by atoms with Crippen molar-refractivity contribution in [2.45, 2.75) is 32.4 Å². The Balaban J connectivity index is 1.89. The van der Waals surface area contributed by atoms with Crippen LogP contribution in [0.4, 0.5) is 13.2 Å². The average molecular weight is 480 g/mol. The number of methoxy groups -OCH3 is 1. The van der Waals surface area contributed by atoms with Crippen LogP contribution in [0.1, 0.15) is 30.9 Å². The largest absolute Gasteiger partial charge is 0.507 e. The molecule has 1 N–H and O–H groups in total. The third kappa shape index (κ3) is 5.42. The molecule has 0 aliphatic heterocycles. The van der Waals surface area contributed by atoms with E-state index in [0.29, 0.717) is 41.1 Å². The summed E-state index contributed by atoms with van der Waals surface area (Å²) < 4.78 is 46.0. The Hall–Kier alpha value is -3.94. The highest BCUT2D eigenvalue weighted by molar-refractivity contribution is 5.70. The van der Waals surface area contributed by atoms with E-state index < -0.39 is 11.7 Å². The molecule has 0 bridgehead atoms. The van der Waals surface area contributed by atoms with Crippen molar-refractivity contribution in [2.75, 3.05) is 7.11 Å². The van der Waals surface area contributed by atoms with Crippen LogP contribution < -0.4 is 4.74 Å². The Morgan fingerprint density at radius 2 is 1.51 bits per heavy atom. The van der Waals surface area contributed by atoms with E-state index in [-0.39, 0.29) is 23.0 Å². The van der Waals surface area contributed by atoms with Gasteiger partial charge in [0.15, 0.2) is 17.5 Å². The fourth-order valence-electron chi connectivity index (χ4n) is 3.75. The van der Waals surface area contributed by atoms with E-state index >= 15 is 0 Å². The molecule has 4 aromatic rings. The molecule has 3 aromatic carbocycles. The Bertz CT molecular complexity index is 1330. The number of aromatic hydroxyl groups is 1. The minimum Gasteiger partial charge on any atom is -0.507 e. The Morgan fingerprint density at radius 1 is 0.829 bits per heavy atom. The lowest BCUT2D eigenvalue weighted by atomic mass is 9.98. The van der Waals surface area contributed by atoms with Crippen LogP contribution >= 0.6 is 0 Å². The first kappa shape index (κ1) is 24.2. The minimum atomic E-state index is -4.45. The number of phenolic OH excluding ortho intramolecular Hbond substituents is 1. The van der Waals surface area contributed by atoms with Crippen LogP contribution in [-0.2, 0) is 12.6 Å². The van der Waals surface area contributed by atoms with Gasteiger partial charge in [-0.1, -0.05) is 49.7 Å². The standard InChI is InChI=1S/C27H24F3N3O2/c1-3-4-8-18-15-19(11-14-22(18)27(28,29)30)25-31-24(17-9-6-5-7-10-17)32-26(33-25)21-13-12-20(35-2)16-23(21)34/h5-7,9-16,34H,3-4,8H2,1-2H3. The average Bonchev–Trinajstić information content (AvgIpc) is 2.86. The first-order valence-corrected chi connectivity index (χ1v) is 11.2. The molecule has 0 aliphatic carbocycles. The lowest BCUT2D eigenvalue weighted by molar-refractivity contribution is -0.138. The smallest absolute Gasteiger partial charge is 0.416 e. The molecule has 0 unspecified atom stereocenters. The first-order valence-electron chi connectivity index (χ1n) is 11.2. The Morgan fingerprint density at radius 3 is 2.14 bits per heavy atom. The fourth-order valence-corrected chi connectivity index (χ4v) is 3.75. The summed E-state index contributed by atoms with van der Waals surface area (Å²) in [7, 11) is 1.49. The monoisotopic (exact) mass is 479 g/mol. The quantitative estimate of drug-likeness (QED) is 0.311. The fraction of sp³-hybridized carbons (Fsp3) is 0.222. The van der Waals surface area contributed by atoms with E-state index in [2.05, 4.69) is 15.0 Å². The van der Waals surface area contributed by atoms with Crippen molar-refractivity contribution in [1.29, 1.82) is 0 Å². The number of aryl methyl sites for hydroxylation is 1. The summed E-state index contributed by atoms with van der Waals surface area (Å²) in [4.78, 5) is 13.6. The maximum atomic E-state index is 13.6. The molecule has 8 heteroatoms. The van der Waals surface area contributed by atoms with Crippen LogP contribution in [0.5, 0.6) is 11.5 Å². The summed E-state index contributed by atoms with van der Waals surface area (Å²) in [6.07, 6.45) is -2.76. The predicted octanol–water partition coefficient (Wildman–Crippen LogP) is 6.95. The summed E-state index contributed by atoms with van der Waals surface area (Å²) in [6.45, 7) is 1.93. The van der Waals surface area contributed by atoms with Gasteiger partial charge in [-0.25, -0.2) is 15.0 Å². The highest BCUT2D eigenvalue weighted by Crippen LogP contribution is 2.36. The van der Waals surface area contributed by atoms with E-state index in [1.807, 2.05) is 37.3 Å². The molecule has 0 fully saturated rings. The number of aromatic nitrogens is 3. The maximum Gasteiger partial charge on any atom is 0.416 e. The number of hydrogen-bond acceptors (Lipinski definition) is 5. The van der Waals surface area contributed by atoms with Crippen LogP contribution in [0.15, 0.2) is 66.7 Å². The number of benzene rings is 3. The van der Waals surface area contributed by atoms with Crippen molar-refractivity contribution in [1.82, 2.24) is 15.0 Å². The highest BCUT2D eigenvalue weighted by atomic mass is 19.4. The van der Waals surface area contributed by atoms with Gasteiger partial charge >= 0.3 is 6.18 Å². The molecule has 180 valence electrons. The second kappa shape index (κ2) is 10.1. The molecule has 0 aliphatic rings. The first-order chi connectivity index (χ1) is 16.8. The summed E-state index contributed by atoms with van der Waals surface area (Å²) in [5.41, 5.74) is 1.05. The van der Waals surface area contributed by atoms with E-state index in [1.54, 1.807) is 12.1 Å². The summed E-state index contributed by atoms with van der Waals surface area (Å²) >= 11 is 0. The molecular formula is C27H24F3N3O2. The predicted molar refractivity (Wildman–Crippen MR) is 128 cm³/mol. The van der Waals surface area contributed by atoms with Crippen LogP contribution in [0.3, 0.4) is 0 Å². The normalized spacial score (nSPS) is 11.5. The SMILES string of the molecule is CCCCc1cc(-c2nc(-c3ccccc3)nc(-c3ccc(OC)cc3O)n2)ccc1C(F)(F)F. The number of ether oxygens (including phenoxy) is 1. The Kier molecular flexibility index (Phi) is 7.00. The number of halogens is 3. The number of rotatable bonds is 7. The van der Waals surface area contributed by atoms with Gasteiger partial charge in [-0.05, 0) is 42.7 Å². The number of unbranched alkanes of at least 4 members (excludes halogenated alkanes) is 1. The summed E-state index contributed by atoms with van der Waals surface area (Å²) in [5, 5.41) is 10.6. The van der Waals surface area contributed by atoms with Crippen molar-refractivity contribution in [3.63, 3.8) is 0 Å². The summed E-state index contributed by atoms with van der Waals surface area (Å²) in [5.74, 6) is 1.14. The van der Waals surface area contributed by atoms with Crippen molar-refractivity contribution >= 4 is 0 Å². The zero-order valence-corrected chi connectivity index (χ0v) is 19.3. The zero-order chi connectivity index (χ0) is 25.0. The molecule has 35 heavy (non-hydrogen) atoms. The van der Waals surface area contributed by atoms with Crippen LogP contribution in [0, 0.1) is 0 Å². The third-order valence-corrected chi connectivity index (χ3v) is 5.58. The molecule has 0 saturated heterocycles. The van der Waals surface area contributed by atoms with Gasteiger partial charge in [0.1, 0.15) is 11.5 Å². The van der Waals surface area contributed by atoms with E-state index in [9.17, 15) is 18.3 Å². The molecule has 1 aromatic heterocycles. The van der Waals surface area contributed by atoms with Crippen LogP contribution in [-0.4, -0.2) is 27.2 Å². The molecular weight excluding hydrogens is 455 g/mol. The van der Waals surface area contributed by atoms with Crippen molar-refractivity contribution < 1.29 is 23.0 Å². The van der Waals surface area contributed by atoms with Crippen LogP contribution in [0.25, 0.3) is 34.2 Å². The molecule has 5 nitrogen and oxygen atoms in total. The second-order valence-corrected chi connectivity index (χ2v) is 8.03. The van der Waals surface area contributed by atoms with Gasteiger partial charge < -0.3 is 9.84 Å². The third-order valence-electron chi connectivity index (χ3n) is 5.58. The molecule has 0 saturated carbocycles. The molecule has 4 rings (SSSR count). The van der Waals surface area contributed by atoms with Gasteiger partial charge in [-0.15, -0.1) is 0 Å². The number of hydrogen-bond donors (Lipinski definition) is 1. The lowest BCUT2D eigenvalue weighted by Crippen LogP contribution is -2.10. The molecule has 0 spiro atoms.